The van der Waals surface area contributed by atoms with E-state index in [4.69, 9.17) is 23.1 Å². The first-order valence-corrected chi connectivity index (χ1v) is 9.71. The molecule has 2 aromatic carbocycles. The number of hydrogen-bond donors (Lipinski definition) is 3. The summed E-state index contributed by atoms with van der Waals surface area (Å²) in [7, 11) is 1.64. The second-order valence-electron chi connectivity index (χ2n) is 6.53. The molecule has 0 bridgehead atoms. The van der Waals surface area contributed by atoms with Gasteiger partial charge in [-0.15, -0.1) is 0 Å². The van der Waals surface area contributed by atoms with Crippen LogP contribution in [0.3, 0.4) is 0 Å². The van der Waals surface area contributed by atoms with Crippen molar-refractivity contribution in [1.82, 2.24) is 10.2 Å². The van der Waals surface area contributed by atoms with Crippen LogP contribution >= 0.6 is 11.6 Å². The highest BCUT2D eigenvalue weighted by atomic mass is 35.5. The van der Waals surface area contributed by atoms with Gasteiger partial charge in [0.25, 0.3) is 5.56 Å². The van der Waals surface area contributed by atoms with Crippen LogP contribution in [0.5, 0.6) is 0 Å². The lowest BCUT2D eigenvalue weighted by molar-refractivity contribution is 0.900. The Morgan fingerprint density at radius 1 is 1.33 bits per heavy atom. The van der Waals surface area contributed by atoms with Gasteiger partial charge in [-0.3, -0.25) is 9.79 Å². The molecule has 0 aliphatic carbocycles. The Balaban J connectivity index is 2.24. The van der Waals surface area contributed by atoms with Crippen molar-refractivity contribution in [3.8, 4) is 6.07 Å². The first-order valence-electron chi connectivity index (χ1n) is 9.33. The van der Waals surface area contributed by atoms with Gasteiger partial charge in [0.15, 0.2) is 0 Å². The molecule has 0 saturated carbocycles. The van der Waals surface area contributed by atoms with Crippen LogP contribution in [0.15, 0.2) is 46.3 Å². The quantitative estimate of drug-likeness (QED) is 0.545. The fourth-order valence-electron chi connectivity index (χ4n) is 3.53. The molecule has 8 heteroatoms. The Bertz CT molecular complexity index is 1280. The van der Waals surface area contributed by atoms with Gasteiger partial charge in [-0.1, -0.05) is 24.6 Å². The van der Waals surface area contributed by atoms with Gasteiger partial charge in [-0.2, -0.15) is 10.4 Å². The number of nitrogens with zero attached hydrogens (tertiary/aromatic N) is 3. The van der Waals surface area contributed by atoms with Crippen LogP contribution in [0, 0.1) is 11.3 Å². The molecule has 152 valence electrons. The van der Waals surface area contributed by atoms with E-state index in [0.717, 1.165) is 11.1 Å². The summed E-state index contributed by atoms with van der Waals surface area (Å²) in [5, 5.41) is 17.9. The lowest BCUT2D eigenvalue weighted by Crippen LogP contribution is -2.14. The van der Waals surface area contributed by atoms with Gasteiger partial charge in [0.05, 0.1) is 22.4 Å². The van der Waals surface area contributed by atoms with Gasteiger partial charge in [0.1, 0.15) is 6.07 Å². The number of nitrogens with two attached hydrogens (primary N) is 2. The van der Waals surface area contributed by atoms with Crippen molar-refractivity contribution in [3.05, 3.63) is 79.9 Å². The second-order valence-corrected chi connectivity index (χ2v) is 6.94. The molecule has 1 aromatic heterocycles. The van der Waals surface area contributed by atoms with Crippen molar-refractivity contribution in [2.24, 2.45) is 16.5 Å². The number of nitrogens with one attached hydrogen (secondary N) is 1. The van der Waals surface area contributed by atoms with E-state index in [9.17, 15) is 10.1 Å². The van der Waals surface area contributed by atoms with Crippen molar-refractivity contribution in [1.29, 1.82) is 5.26 Å². The van der Waals surface area contributed by atoms with Gasteiger partial charge in [-0.05, 0) is 41.8 Å². The number of aliphatic imine (C=N–C) groups is 1. The summed E-state index contributed by atoms with van der Waals surface area (Å²) < 4.78 is 0. The monoisotopic (exact) mass is 420 g/mol. The Hall–Kier alpha value is -3.47. The third kappa shape index (κ3) is 3.59. The first-order chi connectivity index (χ1) is 14.5. The second kappa shape index (κ2) is 8.91. The number of rotatable bonds is 5. The molecule has 0 fully saturated rings. The molecule has 0 aliphatic heterocycles. The Kier molecular flexibility index (Phi) is 6.31. The highest BCUT2D eigenvalue weighted by Crippen LogP contribution is 2.29. The van der Waals surface area contributed by atoms with Crippen molar-refractivity contribution < 1.29 is 0 Å². The van der Waals surface area contributed by atoms with E-state index in [0.29, 0.717) is 50.3 Å². The fraction of sp³-hybridized carbons (Fsp3) is 0.182. The predicted octanol–water partition coefficient (Wildman–Crippen LogP) is 2.89. The number of allylic oxidation sites excluding steroid dienone is 1. The molecule has 0 amide bonds. The summed E-state index contributed by atoms with van der Waals surface area (Å²) in [6, 6.07) is 11.1. The van der Waals surface area contributed by atoms with Crippen molar-refractivity contribution in [2.75, 3.05) is 7.05 Å². The van der Waals surface area contributed by atoms with Crippen LogP contribution in [0.25, 0.3) is 16.3 Å². The summed E-state index contributed by atoms with van der Waals surface area (Å²) in [6.45, 7) is 2.11. The molecule has 0 aliphatic rings. The summed E-state index contributed by atoms with van der Waals surface area (Å²) in [5.74, 6) is 0. The molecule has 5 N–H and O–H groups in total. The largest absolute Gasteiger partial charge is 0.404 e. The molecular weight excluding hydrogens is 400 g/mol. The van der Waals surface area contributed by atoms with Crippen LogP contribution < -0.4 is 17.0 Å². The number of H-pyrrole nitrogens is 1. The standard InChI is InChI=1S/C22H21ClN6O/c1-3-13-18(10-25)14(6-7-19(13)23)21(27-2)17(9-24)12-4-5-15-16(8-12)20(11-26)28-29-22(15)30/h4-9H,3,11,24,26H2,1-2H3,(H,29,30)/b17-9-,27-21?. The molecule has 0 saturated heterocycles. The zero-order valence-electron chi connectivity index (χ0n) is 16.7. The number of fused-ring (bicyclic) bond motifs is 1. The molecule has 0 spiro atoms. The Morgan fingerprint density at radius 2 is 2.10 bits per heavy atom. The highest BCUT2D eigenvalue weighted by molar-refractivity contribution is 6.34. The van der Waals surface area contributed by atoms with Gasteiger partial charge in [-0.25, -0.2) is 5.10 Å². The minimum Gasteiger partial charge on any atom is -0.404 e. The topological polar surface area (TPSA) is 134 Å². The van der Waals surface area contributed by atoms with E-state index >= 15 is 0 Å². The van der Waals surface area contributed by atoms with E-state index in [-0.39, 0.29) is 12.1 Å². The maximum absolute atomic E-state index is 12.1. The first kappa shape index (κ1) is 21.2. The van der Waals surface area contributed by atoms with Gasteiger partial charge >= 0.3 is 0 Å². The van der Waals surface area contributed by atoms with Crippen LogP contribution in [-0.4, -0.2) is 23.0 Å². The molecule has 0 unspecified atom stereocenters. The molecule has 3 aromatic rings. The third-order valence-electron chi connectivity index (χ3n) is 4.99. The summed E-state index contributed by atoms with van der Waals surface area (Å²) >= 11 is 6.29. The van der Waals surface area contributed by atoms with E-state index in [1.165, 1.54) is 6.20 Å². The van der Waals surface area contributed by atoms with E-state index in [1.807, 2.05) is 13.0 Å². The maximum Gasteiger partial charge on any atom is 0.272 e. The maximum atomic E-state index is 12.1. The molecule has 3 rings (SSSR count). The van der Waals surface area contributed by atoms with Gasteiger partial charge < -0.3 is 11.5 Å². The normalized spacial score (nSPS) is 12.2. The van der Waals surface area contributed by atoms with Gasteiger partial charge in [0, 0.05) is 41.3 Å². The lowest BCUT2D eigenvalue weighted by Gasteiger charge is -2.16. The molecule has 30 heavy (non-hydrogen) atoms. The van der Waals surface area contributed by atoms with Crippen molar-refractivity contribution in [3.63, 3.8) is 0 Å². The number of benzene rings is 2. The number of hydrogen-bond acceptors (Lipinski definition) is 6. The van der Waals surface area contributed by atoms with Crippen LogP contribution in [0.4, 0.5) is 0 Å². The molecule has 7 nitrogen and oxygen atoms in total. The van der Waals surface area contributed by atoms with Crippen molar-refractivity contribution in [2.45, 2.75) is 19.9 Å². The van der Waals surface area contributed by atoms with Crippen molar-refractivity contribution >= 4 is 33.7 Å². The summed E-state index contributed by atoms with van der Waals surface area (Å²) in [5.41, 5.74) is 15.8. The SMILES string of the molecule is CCc1c(Cl)ccc(C(=NC)/C(=C\N)c2ccc3c(=O)[nH]nc(CN)c3c2)c1C#N. The smallest absolute Gasteiger partial charge is 0.272 e. The average Bonchev–Trinajstić information content (AvgIpc) is 2.77. The third-order valence-corrected chi connectivity index (χ3v) is 5.35. The highest BCUT2D eigenvalue weighted by Gasteiger charge is 2.19. The molecular formula is C22H21ClN6O. The van der Waals surface area contributed by atoms with Gasteiger partial charge in [0.2, 0.25) is 0 Å². The lowest BCUT2D eigenvalue weighted by atomic mass is 9.90. The minimum absolute atomic E-state index is 0.169. The molecule has 1 heterocycles. The Morgan fingerprint density at radius 3 is 2.70 bits per heavy atom. The predicted molar refractivity (Wildman–Crippen MR) is 120 cm³/mol. The minimum atomic E-state index is -0.298. The van der Waals surface area contributed by atoms with Crippen LogP contribution in [-0.2, 0) is 13.0 Å². The van der Waals surface area contributed by atoms with Crippen LogP contribution in [0.2, 0.25) is 5.02 Å². The fourth-order valence-corrected chi connectivity index (χ4v) is 3.82. The average molecular weight is 421 g/mol. The summed E-state index contributed by atoms with van der Waals surface area (Å²) in [6.07, 6.45) is 2.05. The Labute approximate surface area is 178 Å². The number of nitriles is 1. The van der Waals surface area contributed by atoms with E-state index < -0.39 is 0 Å². The molecule has 0 atom stereocenters. The van der Waals surface area contributed by atoms with E-state index in [1.54, 1.807) is 31.3 Å². The molecule has 0 radical (unpaired) electrons. The van der Waals surface area contributed by atoms with Crippen LogP contribution in [0.1, 0.15) is 34.9 Å². The number of aromatic amines is 1. The summed E-state index contributed by atoms with van der Waals surface area (Å²) in [4.78, 5) is 16.6. The number of aromatic nitrogens is 2. The zero-order valence-corrected chi connectivity index (χ0v) is 17.4. The number of halogens is 1. The zero-order chi connectivity index (χ0) is 21.8. The van der Waals surface area contributed by atoms with E-state index in [2.05, 4.69) is 21.3 Å².